The van der Waals surface area contributed by atoms with Crippen LogP contribution in [-0.4, -0.2) is 45.5 Å². The fourth-order valence-corrected chi connectivity index (χ4v) is 2.90. The number of likely N-dealkylation sites (N-methyl/N-ethyl adjacent to an activating group) is 1. The zero-order valence-corrected chi connectivity index (χ0v) is 11.8. The second-order valence-electron chi connectivity index (χ2n) is 5.32. The number of rotatable bonds is 3. The van der Waals surface area contributed by atoms with Crippen LogP contribution in [0, 0.1) is 0 Å². The van der Waals surface area contributed by atoms with Crippen molar-refractivity contribution in [1.82, 2.24) is 25.1 Å². The average Bonchev–Trinajstić information content (AvgIpc) is 2.87. The molecule has 7 heteroatoms. The number of nitrogens with zero attached hydrogens (tertiary/aromatic N) is 4. The van der Waals surface area contributed by atoms with Crippen molar-refractivity contribution in [2.75, 3.05) is 18.5 Å². The number of piperidine rings is 1. The molecule has 2 N–H and O–H groups in total. The number of fused-ring (bicyclic) bond motifs is 1. The summed E-state index contributed by atoms with van der Waals surface area (Å²) >= 11 is 0. The molecule has 0 radical (unpaired) electrons. The van der Waals surface area contributed by atoms with Crippen molar-refractivity contribution in [1.29, 1.82) is 0 Å². The molecule has 0 bridgehead atoms. The monoisotopic (exact) mass is 276 g/mol. The Labute approximate surface area is 117 Å². The molecule has 1 fully saturated rings. The Bertz CT molecular complexity index is 648. The summed E-state index contributed by atoms with van der Waals surface area (Å²) in [6.45, 7) is 3.16. The smallest absolute Gasteiger partial charge is 0.351 e. The van der Waals surface area contributed by atoms with E-state index in [1.807, 2.05) is 19.2 Å². The largest absolute Gasteiger partial charge is 0.364 e. The van der Waals surface area contributed by atoms with Crippen molar-refractivity contribution in [3.8, 4) is 0 Å². The average molecular weight is 276 g/mol. The molecule has 3 heterocycles. The van der Waals surface area contributed by atoms with E-state index in [0.717, 1.165) is 25.2 Å². The first-order chi connectivity index (χ1) is 9.70. The van der Waals surface area contributed by atoms with Crippen molar-refractivity contribution < 1.29 is 0 Å². The lowest BCUT2D eigenvalue weighted by atomic mass is 9.96. The van der Waals surface area contributed by atoms with Gasteiger partial charge in [0.25, 0.3) is 0 Å². The number of hydrogen-bond donors (Lipinski definition) is 2. The second-order valence-corrected chi connectivity index (χ2v) is 5.32. The van der Waals surface area contributed by atoms with Crippen LogP contribution in [0.2, 0.25) is 0 Å². The van der Waals surface area contributed by atoms with Crippen LogP contribution >= 0.6 is 0 Å². The van der Waals surface area contributed by atoms with Crippen LogP contribution in [0.4, 0.5) is 5.82 Å². The highest BCUT2D eigenvalue weighted by molar-refractivity contribution is 5.46. The number of aromatic amines is 1. The minimum absolute atomic E-state index is 0.294. The highest BCUT2D eigenvalue weighted by atomic mass is 16.2. The van der Waals surface area contributed by atoms with Gasteiger partial charge in [-0.1, -0.05) is 0 Å². The van der Waals surface area contributed by atoms with E-state index in [2.05, 4.69) is 32.4 Å². The third kappa shape index (κ3) is 2.18. The molecule has 1 aliphatic heterocycles. The lowest BCUT2D eigenvalue weighted by Crippen LogP contribution is -2.50. The molecular weight excluding hydrogens is 256 g/mol. The van der Waals surface area contributed by atoms with E-state index >= 15 is 0 Å². The van der Waals surface area contributed by atoms with Gasteiger partial charge in [0.2, 0.25) is 0 Å². The van der Waals surface area contributed by atoms with Gasteiger partial charge in [0, 0.05) is 18.6 Å². The highest BCUT2D eigenvalue weighted by Crippen LogP contribution is 2.24. The first-order valence-corrected chi connectivity index (χ1v) is 7.09. The highest BCUT2D eigenvalue weighted by Gasteiger charge is 2.27. The van der Waals surface area contributed by atoms with Gasteiger partial charge in [0.15, 0.2) is 5.65 Å². The van der Waals surface area contributed by atoms with Crippen LogP contribution in [0.15, 0.2) is 16.9 Å². The summed E-state index contributed by atoms with van der Waals surface area (Å²) in [5.41, 5.74) is 0.256. The van der Waals surface area contributed by atoms with Gasteiger partial charge in [0.05, 0.1) is 0 Å². The summed E-state index contributed by atoms with van der Waals surface area (Å²) in [4.78, 5) is 13.9. The quantitative estimate of drug-likeness (QED) is 0.847. The van der Waals surface area contributed by atoms with E-state index in [-0.39, 0.29) is 5.69 Å². The van der Waals surface area contributed by atoms with Gasteiger partial charge in [0.1, 0.15) is 5.82 Å². The Morgan fingerprint density at radius 1 is 1.45 bits per heavy atom. The lowest BCUT2D eigenvalue weighted by molar-refractivity contribution is 0.379. The summed E-state index contributed by atoms with van der Waals surface area (Å²) in [6.07, 6.45) is 3.54. The normalized spacial score (nSPS) is 21.3. The first kappa shape index (κ1) is 13.1. The van der Waals surface area contributed by atoms with Crippen LogP contribution in [-0.2, 0) is 0 Å². The molecular formula is C13H20N6O. The third-order valence-corrected chi connectivity index (χ3v) is 4.14. The van der Waals surface area contributed by atoms with Gasteiger partial charge in [-0.2, -0.15) is 9.61 Å². The fourth-order valence-electron chi connectivity index (χ4n) is 2.90. The number of hydrogen-bond acceptors (Lipinski definition) is 5. The van der Waals surface area contributed by atoms with Gasteiger partial charge in [-0.25, -0.2) is 9.89 Å². The minimum atomic E-state index is -0.294. The van der Waals surface area contributed by atoms with E-state index in [9.17, 15) is 4.79 Å². The Balaban J connectivity index is 1.98. The topological polar surface area (TPSA) is 78.3 Å². The molecule has 3 rings (SSSR count). The Hall–Kier alpha value is -1.89. The SMILES string of the molecule is CNC(C)C1CCCCN1c1ccc2n[nH]c(=O)n2n1. The molecule has 2 atom stereocenters. The summed E-state index contributed by atoms with van der Waals surface area (Å²) < 4.78 is 1.32. The molecule has 0 spiro atoms. The van der Waals surface area contributed by atoms with Gasteiger partial charge < -0.3 is 10.2 Å². The van der Waals surface area contributed by atoms with Crippen molar-refractivity contribution in [3.05, 3.63) is 22.6 Å². The fraction of sp³-hybridized carbons (Fsp3) is 0.615. The number of nitrogens with one attached hydrogen (secondary N) is 2. The zero-order chi connectivity index (χ0) is 14.1. The first-order valence-electron chi connectivity index (χ1n) is 7.09. The van der Waals surface area contributed by atoms with Gasteiger partial charge in [-0.15, -0.1) is 5.10 Å². The molecule has 1 aliphatic rings. The van der Waals surface area contributed by atoms with E-state index in [1.165, 1.54) is 10.9 Å². The standard InChI is InChI=1S/C13H20N6O/c1-9(14-2)10-5-3-4-8-18(10)12-7-6-11-15-16-13(20)19(11)17-12/h6-7,9-10,14H,3-5,8H2,1-2H3,(H,16,20). The molecule has 0 amide bonds. The van der Waals surface area contributed by atoms with Crippen LogP contribution in [0.5, 0.6) is 0 Å². The predicted molar refractivity (Wildman–Crippen MR) is 77.1 cm³/mol. The van der Waals surface area contributed by atoms with Gasteiger partial charge in [-0.05, 0) is 45.4 Å². The molecule has 108 valence electrons. The van der Waals surface area contributed by atoms with Crippen LogP contribution in [0.25, 0.3) is 5.65 Å². The maximum absolute atomic E-state index is 11.6. The molecule has 20 heavy (non-hydrogen) atoms. The van der Waals surface area contributed by atoms with Crippen molar-refractivity contribution in [2.24, 2.45) is 0 Å². The Morgan fingerprint density at radius 2 is 2.30 bits per heavy atom. The molecule has 7 nitrogen and oxygen atoms in total. The van der Waals surface area contributed by atoms with Gasteiger partial charge >= 0.3 is 5.69 Å². The maximum Gasteiger partial charge on any atom is 0.364 e. The Kier molecular flexibility index (Phi) is 3.43. The molecule has 2 aromatic heterocycles. The third-order valence-electron chi connectivity index (χ3n) is 4.14. The second kappa shape index (κ2) is 5.24. The molecule has 2 unspecified atom stereocenters. The maximum atomic E-state index is 11.6. The summed E-state index contributed by atoms with van der Waals surface area (Å²) in [6, 6.07) is 4.56. The number of H-pyrrole nitrogens is 1. The van der Waals surface area contributed by atoms with Crippen LogP contribution in [0.3, 0.4) is 0 Å². The van der Waals surface area contributed by atoms with E-state index in [1.54, 1.807) is 0 Å². The Morgan fingerprint density at radius 3 is 3.10 bits per heavy atom. The summed E-state index contributed by atoms with van der Waals surface area (Å²) in [5, 5.41) is 14.1. The minimum Gasteiger partial charge on any atom is -0.351 e. The molecule has 0 aromatic carbocycles. The molecule has 0 aliphatic carbocycles. The summed E-state index contributed by atoms with van der Waals surface area (Å²) in [7, 11) is 1.98. The van der Waals surface area contributed by atoms with E-state index < -0.39 is 0 Å². The lowest BCUT2D eigenvalue weighted by Gasteiger charge is -2.39. The van der Waals surface area contributed by atoms with E-state index in [0.29, 0.717) is 17.7 Å². The number of aromatic nitrogens is 4. The van der Waals surface area contributed by atoms with Gasteiger partial charge in [-0.3, -0.25) is 0 Å². The number of anilines is 1. The zero-order valence-electron chi connectivity index (χ0n) is 11.8. The van der Waals surface area contributed by atoms with Crippen molar-refractivity contribution >= 4 is 11.5 Å². The predicted octanol–water partition coefficient (Wildman–Crippen LogP) is 0.384. The van der Waals surface area contributed by atoms with Crippen molar-refractivity contribution in [2.45, 2.75) is 38.3 Å². The molecule has 0 saturated carbocycles. The van der Waals surface area contributed by atoms with Crippen LogP contribution < -0.4 is 15.9 Å². The molecule has 1 saturated heterocycles. The van der Waals surface area contributed by atoms with E-state index in [4.69, 9.17) is 0 Å². The summed E-state index contributed by atoms with van der Waals surface area (Å²) in [5.74, 6) is 0.841. The molecule has 2 aromatic rings. The van der Waals surface area contributed by atoms with Crippen molar-refractivity contribution in [3.63, 3.8) is 0 Å². The van der Waals surface area contributed by atoms with Crippen LogP contribution in [0.1, 0.15) is 26.2 Å².